The molecule has 2 fully saturated rings. The molecular formula is C22H31N3O2S. The zero-order valence-corrected chi connectivity index (χ0v) is 17.3. The lowest BCUT2D eigenvalue weighted by atomic mass is 9.87. The van der Waals surface area contributed by atoms with E-state index in [1.165, 1.54) is 45.2 Å². The van der Waals surface area contributed by atoms with E-state index in [-0.39, 0.29) is 0 Å². The minimum absolute atomic E-state index is 0.343. The van der Waals surface area contributed by atoms with Gasteiger partial charge >= 0.3 is 0 Å². The number of fused-ring (bicyclic) bond motifs is 1. The average Bonchev–Trinajstić information content (AvgIpc) is 2.74. The SMILES string of the molecule is O=S(=O)(c1cccc2cccnc12)N1CCC(CCCC2CCNCC2)CC1. The van der Waals surface area contributed by atoms with Gasteiger partial charge in [-0.25, -0.2) is 8.42 Å². The predicted molar refractivity (Wildman–Crippen MR) is 113 cm³/mol. The molecule has 152 valence electrons. The quantitative estimate of drug-likeness (QED) is 0.800. The summed E-state index contributed by atoms with van der Waals surface area (Å²) in [5.74, 6) is 1.55. The molecule has 0 aliphatic carbocycles. The Hall–Kier alpha value is -1.50. The number of para-hydroxylation sites is 1. The van der Waals surface area contributed by atoms with Crippen LogP contribution in [-0.2, 0) is 10.0 Å². The molecule has 0 radical (unpaired) electrons. The van der Waals surface area contributed by atoms with Gasteiger partial charge in [0.15, 0.2) is 0 Å². The van der Waals surface area contributed by atoms with Crippen LogP contribution < -0.4 is 5.32 Å². The lowest BCUT2D eigenvalue weighted by Crippen LogP contribution is -2.38. The second-order valence-corrected chi connectivity index (χ2v) is 10.2. The summed E-state index contributed by atoms with van der Waals surface area (Å²) in [5.41, 5.74) is 0.578. The lowest BCUT2D eigenvalue weighted by Gasteiger charge is -2.31. The number of hydrogen-bond acceptors (Lipinski definition) is 4. The van der Waals surface area contributed by atoms with Crippen molar-refractivity contribution in [2.24, 2.45) is 11.8 Å². The zero-order valence-electron chi connectivity index (χ0n) is 16.5. The molecule has 5 nitrogen and oxygen atoms in total. The molecule has 1 N–H and O–H groups in total. The molecule has 0 atom stereocenters. The standard InChI is InChI=1S/C22H31N3O2S/c26-28(27,21-8-2-6-20-7-3-13-24-22(20)21)25-16-11-19(12-17-25)5-1-4-18-9-14-23-15-10-18/h2-3,6-8,13,18-19,23H,1,4-5,9-12,14-17H2. The summed E-state index contributed by atoms with van der Waals surface area (Å²) in [6, 6.07) is 9.17. The zero-order chi connectivity index (χ0) is 19.4. The highest BCUT2D eigenvalue weighted by molar-refractivity contribution is 7.89. The third-order valence-corrected chi connectivity index (χ3v) is 8.40. The van der Waals surface area contributed by atoms with E-state index >= 15 is 0 Å². The molecule has 6 heteroatoms. The number of hydrogen-bond donors (Lipinski definition) is 1. The van der Waals surface area contributed by atoms with Gasteiger partial charge in [-0.05, 0) is 62.7 Å². The van der Waals surface area contributed by atoms with Gasteiger partial charge in [-0.2, -0.15) is 4.31 Å². The Morgan fingerprint density at radius 3 is 2.39 bits per heavy atom. The minimum Gasteiger partial charge on any atom is -0.317 e. The Morgan fingerprint density at radius 2 is 1.64 bits per heavy atom. The van der Waals surface area contributed by atoms with Crippen LogP contribution in [0, 0.1) is 11.8 Å². The molecule has 4 rings (SSSR count). The third kappa shape index (κ3) is 4.39. The fourth-order valence-electron chi connectivity index (χ4n) is 4.73. The van der Waals surface area contributed by atoms with Crippen molar-refractivity contribution < 1.29 is 8.42 Å². The smallest absolute Gasteiger partial charge is 0.245 e. The molecule has 0 bridgehead atoms. The van der Waals surface area contributed by atoms with E-state index in [0.29, 0.717) is 29.4 Å². The molecule has 0 amide bonds. The second-order valence-electron chi connectivity index (χ2n) is 8.30. The van der Waals surface area contributed by atoms with E-state index in [1.807, 2.05) is 24.3 Å². The Bertz CT molecular complexity index is 880. The van der Waals surface area contributed by atoms with Crippen molar-refractivity contribution >= 4 is 20.9 Å². The highest BCUT2D eigenvalue weighted by Gasteiger charge is 2.30. The number of rotatable bonds is 6. The molecule has 0 saturated carbocycles. The summed E-state index contributed by atoms with van der Waals surface area (Å²) < 4.78 is 28.1. The first-order valence-electron chi connectivity index (χ1n) is 10.7. The molecule has 1 aromatic heterocycles. The Kier molecular flexibility index (Phi) is 6.28. The lowest BCUT2D eigenvalue weighted by molar-refractivity contribution is 0.250. The van der Waals surface area contributed by atoms with Crippen LogP contribution in [0.4, 0.5) is 0 Å². The molecule has 2 saturated heterocycles. The van der Waals surface area contributed by atoms with Crippen molar-refractivity contribution in [3.63, 3.8) is 0 Å². The highest BCUT2D eigenvalue weighted by atomic mass is 32.2. The highest BCUT2D eigenvalue weighted by Crippen LogP contribution is 2.30. The fourth-order valence-corrected chi connectivity index (χ4v) is 6.36. The maximum atomic E-state index is 13.2. The number of nitrogens with zero attached hydrogens (tertiary/aromatic N) is 2. The van der Waals surface area contributed by atoms with Gasteiger partial charge in [0.2, 0.25) is 10.0 Å². The summed E-state index contributed by atoms with van der Waals surface area (Å²) in [6.07, 6.45) is 10.1. The van der Waals surface area contributed by atoms with Crippen molar-refractivity contribution in [3.8, 4) is 0 Å². The summed E-state index contributed by atoms with van der Waals surface area (Å²) in [7, 11) is -3.49. The Labute approximate surface area is 168 Å². The van der Waals surface area contributed by atoms with Gasteiger partial charge < -0.3 is 5.32 Å². The molecule has 0 spiro atoms. The van der Waals surface area contributed by atoms with Crippen LogP contribution >= 0.6 is 0 Å². The summed E-state index contributed by atoms with van der Waals surface area (Å²) in [5, 5.41) is 4.30. The van der Waals surface area contributed by atoms with Gasteiger partial charge in [0.25, 0.3) is 0 Å². The summed E-state index contributed by atoms with van der Waals surface area (Å²) in [4.78, 5) is 4.67. The third-order valence-electron chi connectivity index (χ3n) is 6.47. The Morgan fingerprint density at radius 1 is 0.964 bits per heavy atom. The number of piperidine rings is 2. The molecule has 3 heterocycles. The first-order valence-corrected chi connectivity index (χ1v) is 12.1. The van der Waals surface area contributed by atoms with Crippen LogP contribution in [0.2, 0.25) is 0 Å². The first-order chi connectivity index (χ1) is 13.6. The van der Waals surface area contributed by atoms with Crippen molar-refractivity contribution in [1.82, 2.24) is 14.6 Å². The Balaban J connectivity index is 1.33. The monoisotopic (exact) mass is 401 g/mol. The predicted octanol–water partition coefficient (Wildman–Crippen LogP) is 3.81. The molecule has 0 unspecified atom stereocenters. The van der Waals surface area contributed by atoms with E-state index in [9.17, 15) is 8.42 Å². The first kappa shape index (κ1) is 19.8. The van der Waals surface area contributed by atoms with E-state index in [2.05, 4.69) is 10.3 Å². The molecule has 28 heavy (non-hydrogen) atoms. The maximum absolute atomic E-state index is 13.2. The van der Waals surface area contributed by atoms with Crippen molar-refractivity contribution in [3.05, 3.63) is 36.5 Å². The van der Waals surface area contributed by atoms with E-state index in [1.54, 1.807) is 16.6 Å². The van der Waals surface area contributed by atoms with Crippen LogP contribution in [0.1, 0.15) is 44.9 Å². The maximum Gasteiger partial charge on any atom is 0.245 e. The van der Waals surface area contributed by atoms with E-state index in [4.69, 9.17) is 0 Å². The van der Waals surface area contributed by atoms with Gasteiger partial charge in [0.05, 0.1) is 5.52 Å². The van der Waals surface area contributed by atoms with Gasteiger partial charge in [-0.15, -0.1) is 0 Å². The van der Waals surface area contributed by atoms with E-state index in [0.717, 1.165) is 24.1 Å². The number of aromatic nitrogens is 1. The van der Waals surface area contributed by atoms with Gasteiger partial charge in [-0.1, -0.05) is 37.5 Å². The second kappa shape index (κ2) is 8.89. The largest absolute Gasteiger partial charge is 0.317 e. The minimum atomic E-state index is -3.49. The van der Waals surface area contributed by atoms with E-state index < -0.39 is 10.0 Å². The summed E-state index contributed by atoms with van der Waals surface area (Å²) in [6.45, 7) is 3.60. The molecule has 1 aromatic carbocycles. The number of benzene rings is 1. The normalized spacial score (nSPS) is 20.6. The van der Waals surface area contributed by atoms with Crippen LogP contribution in [0.3, 0.4) is 0 Å². The van der Waals surface area contributed by atoms with Crippen LogP contribution in [0.25, 0.3) is 10.9 Å². The van der Waals surface area contributed by atoms with Gasteiger partial charge in [0.1, 0.15) is 4.90 Å². The molecular weight excluding hydrogens is 370 g/mol. The molecule has 2 aliphatic rings. The van der Waals surface area contributed by atoms with Crippen LogP contribution in [-0.4, -0.2) is 43.9 Å². The van der Waals surface area contributed by atoms with Crippen molar-refractivity contribution in [2.45, 2.75) is 49.8 Å². The number of pyridine rings is 1. The van der Waals surface area contributed by atoms with Crippen molar-refractivity contribution in [1.29, 1.82) is 0 Å². The van der Waals surface area contributed by atoms with Crippen molar-refractivity contribution in [2.75, 3.05) is 26.2 Å². The van der Waals surface area contributed by atoms with Gasteiger partial charge in [-0.3, -0.25) is 4.98 Å². The molecule has 2 aliphatic heterocycles. The van der Waals surface area contributed by atoms with Crippen LogP contribution in [0.5, 0.6) is 0 Å². The number of nitrogens with one attached hydrogen (secondary N) is 1. The van der Waals surface area contributed by atoms with Gasteiger partial charge in [0, 0.05) is 24.7 Å². The topological polar surface area (TPSA) is 62.3 Å². The molecule has 2 aromatic rings. The average molecular weight is 402 g/mol. The fraction of sp³-hybridized carbons (Fsp3) is 0.591. The summed E-state index contributed by atoms with van der Waals surface area (Å²) >= 11 is 0. The number of sulfonamides is 1. The van der Waals surface area contributed by atoms with Crippen LogP contribution in [0.15, 0.2) is 41.4 Å².